The number of aryl methyl sites for hydroxylation is 2. The van der Waals surface area contributed by atoms with Crippen molar-refractivity contribution >= 4 is 17.0 Å². The van der Waals surface area contributed by atoms with E-state index in [1.165, 1.54) is 57.3 Å². The molecule has 0 aliphatic heterocycles. The molecular formula is C31H28N2O2. The Bertz CT molecular complexity index is 1420. The number of amides is 1. The highest BCUT2D eigenvalue weighted by atomic mass is 16.5. The number of rotatable bonds is 4. The molecule has 1 heterocycles. The number of aromatic nitrogens is 1. The van der Waals surface area contributed by atoms with E-state index in [0.29, 0.717) is 19.6 Å². The van der Waals surface area contributed by atoms with Crippen LogP contribution in [0.4, 0.5) is 4.79 Å². The molecule has 2 aliphatic carbocycles. The van der Waals surface area contributed by atoms with Crippen molar-refractivity contribution in [2.24, 2.45) is 0 Å². The molecule has 35 heavy (non-hydrogen) atoms. The van der Waals surface area contributed by atoms with Crippen molar-refractivity contribution in [1.82, 2.24) is 10.3 Å². The third-order valence-corrected chi connectivity index (χ3v) is 7.19. The lowest BCUT2D eigenvalue weighted by molar-refractivity contribution is 0.143. The monoisotopic (exact) mass is 460 g/mol. The lowest BCUT2D eigenvalue weighted by atomic mass is 9.95. The average molecular weight is 461 g/mol. The molecule has 2 aliphatic rings. The first-order chi connectivity index (χ1) is 17.3. The van der Waals surface area contributed by atoms with Gasteiger partial charge >= 0.3 is 6.09 Å². The number of fused-ring (bicyclic) bond motifs is 6. The zero-order valence-electron chi connectivity index (χ0n) is 19.7. The number of carbonyl (C=O) groups excluding carboxylic acids is 1. The van der Waals surface area contributed by atoms with Gasteiger partial charge < -0.3 is 15.0 Å². The van der Waals surface area contributed by atoms with Gasteiger partial charge in [-0.2, -0.15) is 0 Å². The molecule has 4 nitrogen and oxygen atoms in total. The van der Waals surface area contributed by atoms with Gasteiger partial charge in [-0.3, -0.25) is 0 Å². The Morgan fingerprint density at radius 2 is 1.71 bits per heavy atom. The number of alkyl carbamates (subject to hydrolysis) is 1. The van der Waals surface area contributed by atoms with E-state index in [0.717, 1.165) is 18.4 Å². The van der Waals surface area contributed by atoms with Crippen LogP contribution < -0.4 is 5.32 Å². The fraction of sp³-hybridized carbons (Fsp3) is 0.258. The number of nitrogens with one attached hydrogen (secondary N) is 2. The summed E-state index contributed by atoms with van der Waals surface area (Å²) in [5.41, 5.74) is 9.97. The van der Waals surface area contributed by atoms with Gasteiger partial charge in [0.1, 0.15) is 6.61 Å². The van der Waals surface area contributed by atoms with Crippen LogP contribution in [0.15, 0.2) is 66.7 Å². The van der Waals surface area contributed by atoms with Crippen LogP contribution in [0.2, 0.25) is 0 Å². The Labute approximate surface area is 205 Å². The van der Waals surface area contributed by atoms with Crippen molar-refractivity contribution in [2.75, 3.05) is 13.2 Å². The molecule has 0 radical (unpaired) electrons. The third-order valence-electron chi connectivity index (χ3n) is 7.19. The normalized spacial score (nSPS) is 13.9. The van der Waals surface area contributed by atoms with E-state index in [9.17, 15) is 4.79 Å². The van der Waals surface area contributed by atoms with Gasteiger partial charge in [0.2, 0.25) is 0 Å². The largest absolute Gasteiger partial charge is 0.449 e. The molecule has 3 aromatic carbocycles. The Kier molecular flexibility index (Phi) is 5.76. The summed E-state index contributed by atoms with van der Waals surface area (Å²) in [6.07, 6.45) is 5.01. The number of aromatic amines is 1. The first-order valence-electron chi connectivity index (χ1n) is 12.5. The highest BCUT2D eigenvalue weighted by molar-refractivity contribution is 5.86. The Morgan fingerprint density at radius 3 is 2.51 bits per heavy atom. The van der Waals surface area contributed by atoms with Crippen LogP contribution in [-0.2, 0) is 17.6 Å². The summed E-state index contributed by atoms with van der Waals surface area (Å²) in [5.74, 6) is 6.51. The number of ether oxygens (including phenoxy) is 1. The van der Waals surface area contributed by atoms with Gasteiger partial charge in [-0.1, -0.05) is 60.4 Å². The van der Waals surface area contributed by atoms with Crippen molar-refractivity contribution in [3.63, 3.8) is 0 Å². The molecule has 1 aromatic heterocycles. The summed E-state index contributed by atoms with van der Waals surface area (Å²) >= 11 is 0. The van der Waals surface area contributed by atoms with E-state index < -0.39 is 6.09 Å². The van der Waals surface area contributed by atoms with Crippen LogP contribution in [0.25, 0.3) is 22.0 Å². The molecule has 0 bridgehead atoms. The minimum atomic E-state index is -0.394. The van der Waals surface area contributed by atoms with Crippen LogP contribution in [0.3, 0.4) is 0 Å². The van der Waals surface area contributed by atoms with Gasteiger partial charge in [-0.25, -0.2) is 4.79 Å². The summed E-state index contributed by atoms with van der Waals surface area (Å²) in [6.45, 7) is 0.790. The molecule has 2 N–H and O–H groups in total. The van der Waals surface area contributed by atoms with E-state index in [2.05, 4.69) is 76.7 Å². The number of carbonyl (C=O) groups is 1. The molecule has 0 spiro atoms. The second-order valence-corrected chi connectivity index (χ2v) is 9.35. The molecular weight excluding hydrogens is 432 g/mol. The van der Waals surface area contributed by atoms with Crippen LogP contribution in [0.1, 0.15) is 53.1 Å². The molecule has 4 heteroatoms. The average Bonchev–Trinajstić information content (AvgIpc) is 3.43. The standard InChI is InChI=1S/C31H28N2O2/c34-31(35-20-28-24-12-3-1-10-22(24)23-11-2-4-13-25(23)28)32-18-8-7-9-21-16-17-30-27(19-21)26-14-5-6-15-29(26)33-30/h1-4,10-13,16-17,19,28,33H,5-6,8,14-15,18,20H2,(H,32,34). The smallest absolute Gasteiger partial charge is 0.407 e. The van der Waals surface area contributed by atoms with Crippen molar-refractivity contribution in [2.45, 2.75) is 38.0 Å². The first kappa shape index (κ1) is 21.6. The maximum atomic E-state index is 12.3. The van der Waals surface area contributed by atoms with Crippen molar-refractivity contribution in [3.05, 3.63) is 94.7 Å². The molecule has 0 saturated carbocycles. The summed E-state index contributed by atoms with van der Waals surface area (Å²) in [4.78, 5) is 15.9. The van der Waals surface area contributed by atoms with Crippen LogP contribution in [0.5, 0.6) is 0 Å². The van der Waals surface area contributed by atoms with Gasteiger partial charge in [0.05, 0.1) is 0 Å². The van der Waals surface area contributed by atoms with Gasteiger partial charge in [-0.15, -0.1) is 0 Å². The minimum Gasteiger partial charge on any atom is -0.449 e. The topological polar surface area (TPSA) is 54.1 Å². The molecule has 174 valence electrons. The number of benzene rings is 3. The van der Waals surface area contributed by atoms with Crippen molar-refractivity contribution in [3.8, 4) is 23.0 Å². The van der Waals surface area contributed by atoms with E-state index >= 15 is 0 Å². The maximum absolute atomic E-state index is 12.3. The van der Waals surface area contributed by atoms with Gasteiger partial charge in [0.25, 0.3) is 0 Å². The molecule has 1 amide bonds. The van der Waals surface area contributed by atoms with Crippen molar-refractivity contribution in [1.29, 1.82) is 0 Å². The molecule has 0 unspecified atom stereocenters. The van der Waals surface area contributed by atoms with E-state index in [1.54, 1.807) is 0 Å². The van der Waals surface area contributed by atoms with Crippen molar-refractivity contribution < 1.29 is 9.53 Å². The highest BCUT2D eigenvalue weighted by Gasteiger charge is 2.28. The zero-order chi connectivity index (χ0) is 23.6. The quantitative estimate of drug-likeness (QED) is 0.276. The minimum absolute atomic E-state index is 0.0713. The van der Waals surface area contributed by atoms with Gasteiger partial charge in [0.15, 0.2) is 0 Å². The van der Waals surface area contributed by atoms with Gasteiger partial charge in [-0.05, 0) is 71.7 Å². The third kappa shape index (κ3) is 4.19. The predicted molar refractivity (Wildman–Crippen MR) is 140 cm³/mol. The summed E-state index contributed by atoms with van der Waals surface area (Å²) in [7, 11) is 0. The highest BCUT2D eigenvalue weighted by Crippen LogP contribution is 2.44. The van der Waals surface area contributed by atoms with E-state index in [4.69, 9.17) is 4.74 Å². The van der Waals surface area contributed by atoms with Crippen LogP contribution in [-0.4, -0.2) is 24.2 Å². The zero-order valence-corrected chi connectivity index (χ0v) is 19.7. The van der Waals surface area contributed by atoms with Gasteiger partial charge in [0, 0.05) is 41.0 Å². The first-order valence-corrected chi connectivity index (χ1v) is 12.5. The maximum Gasteiger partial charge on any atom is 0.407 e. The second-order valence-electron chi connectivity index (χ2n) is 9.35. The van der Waals surface area contributed by atoms with E-state index in [-0.39, 0.29) is 5.92 Å². The molecule has 0 saturated heterocycles. The molecule has 0 atom stereocenters. The molecule has 0 fully saturated rings. The van der Waals surface area contributed by atoms with E-state index in [1.807, 2.05) is 12.1 Å². The van der Waals surface area contributed by atoms with Crippen LogP contribution >= 0.6 is 0 Å². The Morgan fingerprint density at radius 1 is 0.971 bits per heavy atom. The summed E-state index contributed by atoms with van der Waals surface area (Å²) < 4.78 is 5.59. The SMILES string of the molecule is O=C(NCCC#Cc1ccc2[nH]c3c(c2c1)CCCC3)OCC1c2ccccc2-c2ccccc21. The predicted octanol–water partition coefficient (Wildman–Crippen LogP) is 6.33. The summed E-state index contributed by atoms with van der Waals surface area (Å²) in [6, 6.07) is 23.1. The molecule has 4 aromatic rings. The number of hydrogen-bond acceptors (Lipinski definition) is 2. The fourth-order valence-corrected chi connectivity index (χ4v) is 5.52. The lowest BCUT2D eigenvalue weighted by Crippen LogP contribution is -2.26. The fourth-order valence-electron chi connectivity index (χ4n) is 5.52. The second kappa shape index (κ2) is 9.35. The number of H-pyrrole nitrogens is 1. The molecule has 6 rings (SSSR count). The lowest BCUT2D eigenvalue weighted by Gasteiger charge is -2.14. The van der Waals surface area contributed by atoms with Crippen LogP contribution in [0, 0.1) is 11.8 Å². The Hall–Kier alpha value is -3.97. The number of hydrogen-bond donors (Lipinski definition) is 2. The Balaban J connectivity index is 1.03. The summed E-state index contributed by atoms with van der Waals surface area (Å²) in [5, 5.41) is 4.15.